The highest BCUT2D eigenvalue weighted by Gasteiger charge is 2.24. The molecular formula is C17H21N3O3. The van der Waals surface area contributed by atoms with Crippen LogP contribution in [0.5, 0.6) is 0 Å². The van der Waals surface area contributed by atoms with Crippen LogP contribution in [0.1, 0.15) is 35.9 Å². The lowest BCUT2D eigenvalue weighted by atomic mass is 9.96. The molecule has 23 heavy (non-hydrogen) atoms. The first-order valence-electron chi connectivity index (χ1n) is 8.05. The van der Waals surface area contributed by atoms with Crippen LogP contribution in [0.2, 0.25) is 0 Å². The van der Waals surface area contributed by atoms with Gasteiger partial charge in [-0.15, -0.1) is 0 Å². The lowest BCUT2D eigenvalue weighted by Crippen LogP contribution is -2.39. The largest absolute Gasteiger partial charge is 0.430 e. The molecule has 1 fully saturated rings. The maximum atomic E-state index is 12.4. The van der Waals surface area contributed by atoms with Crippen LogP contribution < -0.4 is 5.63 Å². The predicted octanol–water partition coefficient (Wildman–Crippen LogP) is 1.95. The zero-order chi connectivity index (χ0) is 16.2. The molecule has 1 saturated heterocycles. The zero-order valence-electron chi connectivity index (χ0n) is 13.3. The minimum Gasteiger partial charge on any atom is -0.430 e. The average Bonchev–Trinajstić information content (AvgIpc) is 3.03. The molecule has 2 aromatic heterocycles. The summed E-state index contributed by atoms with van der Waals surface area (Å²) >= 11 is 0. The maximum Gasteiger partial charge on any atom is 0.335 e. The number of hydrogen-bond donors (Lipinski definition) is 0. The van der Waals surface area contributed by atoms with Crippen molar-refractivity contribution in [2.75, 3.05) is 13.1 Å². The third-order valence-corrected chi connectivity index (χ3v) is 4.42. The van der Waals surface area contributed by atoms with Crippen molar-refractivity contribution in [3.05, 3.63) is 52.6 Å². The van der Waals surface area contributed by atoms with E-state index in [2.05, 4.69) is 16.5 Å². The number of aromatic nitrogens is 2. The second kappa shape index (κ2) is 6.81. The Bertz CT molecular complexity index is 706. The number of carbonyl (C=O) groups is 1. The van der Waals surface area contributed by atoms with Crippen molar-refractivity contribution in [3.63, 3.8) is 0 Å². The molecule has 0 aliphatic carbocycles. The van der Waals surface area contributed by atoms with Gasteiger partial charge in [0, 0.05) is 44.5 Å². The van der Waals surface area contributed by atoms with Crippen LogP contribution in [-0.2, 0) is 13.0 Å². The van der Waals surface area contributed by atoms with E-state index in [-0.39, 0.29) is 5.91 Å². The quantitative estimate of drug-likeness (QED) is 0.865. The van der Waals surface area contributed by atoms with Crippen molar-refractivity contribution in [2.45, 2.75) is 32.7 Å². The van der Waals surface area contributed by atoms with E-state index in [4.69, 9.17) is 4.42 Å². The van der Waals surface area contributed by atoms with E-state index in [9.17, 15) is 9.59 Å². The monoisotopic (exact) mass is 315 g/mol. The van der Waals surface area contributed by atoms with E-state index >= 15 is 0 Å². The molecule has 0 radical (unpaired) electrons. The highest BCUT2D eigenvalue weighted by molar-refractivity contribution is 5.93. The maximum absolute atomic E-state index is 12.4. The average molecular weight is 315 g/mol. The molecule has 0 spiro atoms. The van der Waals surface area contributed by atoms with E-state index in [1.54, 1.807) is 0 Å². The van der Waals surface area contributed by atoms with E-state index in [0.29, 0.717) is 11.5 Å². The van der Waals surface area contributed by atoms with Gasteiger partial charge in [0.05, 0.1) is 5.56 Å². The Morgan fingerprint density at radius 3 is 2.78 bits per heavy atom. The summed E-state index contributed by atoms with van der Waals surface area (Å²) in [5.41, 5.74) is -0.00162. The Kier molecular flexibility index (Phi) is 4.60. The van der Waals surface area contributed by atoms with Gasteiger partial charge in [-0.05, 0) is 24.8 Å². The van der Waals surface area contributed by atoms with E-state index in [1.165, 1.54) is 18.4 Å². The molecule has 0 aromatic carbocycles. The topological polar surface area (TPSA) is 68.3 Å². The first kappa shape index (κ1) is 15.5. The molecule has 1 aliphatic rings. The summed E-state index contributed by atoms with van der Waals surface area (Å²) in [7, 11) is 0. The molecule has 3 heterocycles. The summed E-state index contributed by atoms with van der Waals surface area (Å²) in [6, 6.07) is 2.81. The van der Waals surface area contributed by atoms with Crippen molar-refractivity contribution >= 4 is 5.91 Å². The summed E-state index contributed by atoms with van der Waals surface area (Å²) in [4.78, 5) is 29.5. The fraction of sp³-hybridized carbons (Fsp3) is 0.471. The van der Waals surface area contributed by atoms with Crippen LogP contribution in [0.3, 0.4) is 0 Å². The number of carbonyl (C=O) groups excluding carboxylic acids is 1. The molecule has 0 atom stereocenters. The Hall–Kier alpha value is -2.37. The number of aryl methyl sites for hydroxylation is 1. The van der Waals surface area contributed by atoms with Gasteiger partial charge in [-0.25, -0.2) is 9.78 Å². The zero-order valence-corrected chi connectivity index (χ0v) is 13.3. The first-order valence-corrected chi connectivity index (χ1v) is 8.05. The lowest BCUT2D eigenvalue weighted by molar-refractivity contribution is 0.0679. The van der Waals surface area contributed by atoms with Gasteiger partial charge in [-0.1, -0.05) is 6.92 Å². The molecule has 1 aliphatic heterocycles. The van der Waals surface area contributed by atoms with E-state index in [0.717, 1.165) is 44.7 Å². The Morgan fingerprint density at radius 2 is 2.13 bits per heavy atom. The molecule has 0 N–H and O–H groups in total. The fourth-order valence-electron chi connectivity index (χ4n) is 3.08. The number of nitrogens with zero attached hydrogens (tertiary/aromatic N) is 3. The van der Waals surface area contributed by atoms with Gasteiger partial charge < -0.3 is 13.9 Å². The molecule has 2 aromatic rings. The van der Waals surface area contributed by atoms with Crippen molar-refractivity contribution in [3.8, 4) is 0 Å². The molecule has 1 amide bonds. The van der Waals surface area contributed by atoms with Gasteiger partial charge in [0.15, 0.2) is 0 Å². The Labute approximate surface area is 134 Å². The molecule has 0 bridgehead atoms. The number of hydrogen-bond acceptors (Lipinski definition) is 4. The second-order valence-electron chi connectivity index (χ2n) is 5.93. The highest BCUT2D eigenvalue weighted by Crippen LogP contribution is 2.21. The van der Waals surface area contributed by atoms with E-state index < -0.39 is 5.63 Å². The first-order chi connectivity index (χ1) is 11.2. The summed E-state index contributed by atoms with van der Waals surface area (Å²) in [5, 5.41) is 0. The van der Waals surface area contributed by atoms with Crippen LogP contribution in [0, 0.1) is 5.92 Å². The number of amides is 1. The minimum absolute atomic E-state index is 0.0657. The number of piperidine rings is 1. The van der Waals surface area contributed by atoms with Crippen LogP contribution in [0.4, 0.5) is 0 Å². The predicted molar refractivity (Wildman–Crippen MR) is 85.2 cm³/mol. The molecule has 122 valence electrons. The smallest absolute Gasteiger partial charge is 0.335 e. The molecule has 6 heteroatoms. The molecule has 3 rings (SSSR count). The molecule has 0 unspecified atom stereocenters. The number of likely N-dealkylation sites (tertiary alicyclic amines) is 1. The third kappa shape index (κ3) is 3.52. The van der Waals surface area contributed by atoms with E-state index in [1.807, 2.05) is 17.3 Å². The Balaban J connectivity index is 1.57. The summed E-state index contributed by atoms with van der Waals surface area (Å²) < 4.78 is 6.99. The third-order valence-electron chi connectivity index (χ3n) is 4.42. The molecule has 6 nitrogen and oxygen atoms in total. The number of imidazole rings is 1. The normalized spacial score (nSPS) is 15.8. The standard InChI is InChI=1S/C17H21N3O3/c1-2-15-18-7-10-20(15)11-13-5-8-19(9-6-13)17(22)14-3-4-16(21)23-12-14/h3-4,7,10,12-13H,2,5-6,8-9,11H2,1H3. The van der Waals surface area contributed by atoms with Gasteiger partial charge in [-0.2, -0.15) is 0 Å². The van der Waals surface area contributed by atoms with Crippen LogP contribution in [0.15, 0.2) is 40.0 Å². The van der Waals surface area contributed by atoms with Gasteiger partial charge in [0.25, 0.3) is 5.91 Å². The number of rotatable bonds is 4. The summed E-state index contributed by atoms with van der Waals surface area (Å²) in [5.74, 6) is 1.61. The SMILES string of the molecule is CCc1nccn1CC1CCN(C(=O)c2ccc(=O)oc2)CC1. The summed E-state index contributed by atoms with van der Waals surface area (Å²) in [6.07, 6.45) is 8.01. The minimum atomic E-state index is -0.438. The molecule has 0 saturated carbocycles. The van der Waals surface area contributed by atoms with Crippen molar-refractivity contribution in [1.82, 2.24) is 14.5 Å². The van der Waals surface area contributed by atoms with Gasteiger partial charge in [0.2, 0.25) is 0 Å². The van der Waals surface area contributed by atoms with Crippen LogP contribution in [-0.4, -0.2) is 33.4 Å². The Morgan fingerprint density at radius 1 is 1.35 bits per heavy atom. The van der Waals surface area contributed by atoms with Crippen molar-refractivity contribution < 1.29 is 9.21 Å². The van der Waals surface area contributed by atoms with Crippen LogP contribution in [0.25, 0.3) is 0 Å². The van der Waals surface area contributed by atoms with Crippen LogP contribution >= 0.6 is 0 Å². The fourth-order valence-corrected chi connectivity index (χ4v) is 3.08. The van der Waals surface area contributed by atoms with Gasteiger partial charge in [0.1, 0.15) is 12.1 Å². The molecular weight excluding hydrogens is 294 g/mol. The lowest BCUT2D eigenvalue weighted by Gasteiger charge is -2.32. The second-order valence-corrected chi connectivity index (χ2v) is 5.93. The van der Waals surface area contributed by atoms with Crippen molar-refractivity contribution in [2.24, 2.45) is 5.92 Å². The van der Waals surface area contributed by atoms with Gasteiger partial charge >= 0.3 is 5.63 Å². The summed E-state index contributed by atoms with van der Waals surface area (Å²) in [6.45, 7) is 4.54. The van der Waals surface area contributed by atoms with Gasteiger partial charge in [-0.3, -0.25) is 4.79 Å². The van der Waals surface area contributed by atoms with Crippen molar-refractivity contribution in [1.29, 1.82) is 0 Å². The highest BCUT2D eigenvalue weighted by atomic mass is 16.4.